The molecule has 0 spiro atoms. The fourth-order valence-corrected chi connectivity index (χ4v) is 1.32. The Kier molecular flexibility index (Phi) is 5.99. The van der Waals surface area contributed by atoms with Crippen LogP contribution in [0.4, 0.5) is 4.79 Å². The summed E-state index contributed by atoms with van der Waals surface area (Å²) in [5.74, 6) is -0.457. The normalized spacial score (nSPS) is 11.1. The van der Waals surface area contributed by atoms with Gasteiger partial charge in [-0.3, -0.25) is 10.1 Å². The van der Waals surface area contributed by atoms with Crippen molar-refractivity contribution in [1.82, 2.24) is 5.32 Å². The predicted octanol–water partition coefficient (Wildman–Crippen LogP) is 0.201. The maximum absolute atomic E-state index is 11.5. The fraction of sp³-hybridized carbons (Fsp3) is 0.308. The molecule has 8 heteroatoms. The first-order chi connectivity index (χ1) is 9.92. The topological polar surface area (TPSA) is 117 Å². The molecule has 0 unspecified atom stereocenters. The Morgan fingerprint density at radius 2 is 1.76 bits per heavy atom. The van der Waals surface area contributed by atoms with Crippen LogP contribution in [0.2, 0.25) is 0 Å². The van der Waals surface area contributed by atoms with Crippen molar-refractivity contribution in [2.24, 2.45) is 5.73 Å². The van der Waals surface area contributed by atoms with Crippen molar-refractivity contribution in [3.8, 4) is 11.5 Å². The number of ether oxygens (including phenoxy) is 3. The number of methoxy groups -OCH3 is 1. The van der Waals surface area contributed by atoms with Crippen LogP contribution in [-0.4, -0.2) is 37.7 Å². The second-order valence-electron chi connectivity index (χ2n) is 3.95. The van der Waals surface area contributed by atoms with Gasteiger partial charge in [0, 0.05) is 0 Å². The number of carbonyl (C=O) groups is 3. The van der Waals surface area contributed by atoms with Crippen molar-refractivity contribution < 1.29 is 28.6 Å². The van der Waals surface area contributed by atoms with Gasteiger partial charge >= 0.3 is 12.0 Å². The number of primary amides is 1. The van der Waals surface area contributed by atoms with Crippen molar-refractivity contribution in [2.45, 2.75) is 13.0 Å². The Morgan fingerprint density at radius 3 is 2.29 bits per heavy atom. The van der Waals surface area contributed by atoms with E-state index < -0.39 is 24.0 Å². The van der Waals surface area contributed by atoms with Crippen LogP contribution in [-0.2, 0) is 14.3 Å². The van der Waals surface area contributed by atoms with E-state index >= 15 is 0 Å². The monoisotopic (exact) mass is 296 g/mol. The number of urea groups is 1. The first-order valence-electron chi connectivity index (χ1n) is 5.99. The minimum atomic E-state index is -1.15. The van der Waals surface area contributed by atoms with Crippen molar-refractivity contribution in [1.29, 1.82) is 0 Å². The summed E-state index contributed by atoms with van der Waals surface area (Å²) in [4.78, 5) is 33.2. The van der Waals surface area contributed by atoms with Gasteiger partial charge in [-0.05, 0) is 31.2 Å². The molecule has 3 N–H and O–H groups in total. The first-order valence-corrected chi connectivity index (χ1v) is 5.99. The zero-order chi connectivity index (χ0) is 15.8. The number of hydrogen-bond donors (Lipinski definition) is 2. The molecule has 0 aliphatic carbocycles. The number of carbonyl (C=O) groups excluding carboxylic acids is 3. The van der Waals surface area contributed by atoms with Gasteiger partial charge in [0.25, 0.3) is 5.91 Å². The average Bonchev–Trinajstić information content (AvgIpc) is 2.44. The lowest BCUT2D eigenvalue weighted by Crippen LogP contribution is -2.42. The lowest BCUT2D eigenvalue weighted by Gasteiger charge is -2.12. The smallest absolute Gasteiger partial charge is 0.344 e. The third-order valence-corrected chi connectivity index (χ3v) is 2.34. The van der Waals surface area contributed by atoms with E-state index in [0.717, 1.165) is 0 Å². The van der Waals surface area contributed by atoms with Crippen molar-refractivity contribution >= 4 is 17.9 Å². The summed E-state index contributed by atoms with van der Waals surface area (Å²) < 4.78 is 14.9. The molecule has 0 aromatic heterocycles. The molecule has 0 aliphatic heterocycles. The Bertz CT molecular complexity index is 514. The number of nitrogens with two attached hydrogens (primary N) is 1. The third kappa shape index (κ3) is 5.81. The van der Waals surface area contributed by atoms with Crippen LogP contribution in [0.1, 0.15) is 6.92 Å². The van der Waals surface area contributed by atoms with Gasteiger partial charge in [-0.1, -0.05) is 0 Å². The van der Waals surface area contributed by atoms with Crippen LogP contribution in [0.5, 0.6) is 11.5 Å². The van der Waals surface area contributed by atoms with Gasteiger partial charge in [0.15, 0.2) is 12.7 Å². The van der Waals surface area contributed by atoms with Crippen LogP contribution in [0.3, 0.4) is 0 Å². The summed E-state index contributed by atoms with van der Waals surface area (Å²) in [5.41, 5.74) is 4.77. The number of esters is 1. The minimum absolute atomic E-state index is 0.374. The van der Waals surface area contributed by atoms with Crippen LogP contribution in [0, 0.1) is 0 Å². The van der Waals surface area contributed by atoms with E-state index in [1.54, 1.807) is 29.6 Å². The fourth-order valence-electron chi connectivity index (χ4n) is 1.32. The van der Waals surface area contributed by atoms with Crippen molar-refractivity contribution in [3.05, 3.63) is 24.3 Å². The molecule has 0 heterocycles. The molecule has 0 bridgehead atoms. The van der Waals surface area contributed by atoms with E-state index in [2.05, 4.69) is 0 Å². The van der Waals surface area contributed by atoms with Gasteiger partial charge in [0.1, 0.15) is 11.5 Å². The minimum Gasteiger partial charge on any atom is -0.497 e. The Labute approximate surface area is 121 Å². The van der Waals surface area contributed by atoms with Crippen molar-refractivity contribution in [3.63, 3.8) is 0 Å². The molecular weight excluding hydrogens is 280 g/mol. The number of hydrogen-bond acceptors (Lipinski definition) is 6. The second kappa shape index (κ2) is 7.73. The molecule has 1 aromatic rings. The Hall–Kier alpha value is -2.77. The summed E-state index contributed by atoms with van der Waals surface area (Å²) in [6, 6.07) is 5.56. The summed E-state index contributed by atoms with van der Waals surface area (Å²) in [6.45, 7) is 0.935. The van der Waals surface area contributed by atoms with Gasteiger partial charge in [0.2, 0.25) is 0 Å². The molecule has 1 aromatic carbocycles. The molecule has 0 fully saturated rings. The molecule has 0 saturated heterocycles. The highest BCUT2D eigenvalue weighted by molar-refractivity contribution is 5.96. The van der Waals surface area contributed by atoms with E-state index in [1.165, 1.54) is 14.0 Å². The molecule has 0 radical (unpaired) electrons. The van der Waals surface area contributed by atoms with Crippen LogP contribution in [0.15, 0.2) is 24.3 Å². The van der Waals surface area contributed by atoms with Crippen molar-refractivity contribution in [2.75, 3.05) is 13.7 Å². The third-order valence-electron chi connectivity index (χ3n) is 2.34. The number of rotatable bonds is 6. The molecule has 21 heavy (non-hydrogen) atoms. The largest absolute Gasteiger partial charge is 0.497 e. The highest BCUT2D eigenvalue weighted by Gasteiger charge is 2.19. The van der Waals surface area contributed by atoms with Crippen LogP contribution in [0.25, 0.3) is 0 Å². The average molecular weight is 296 g/mol. The summed E-state index contributed by atoms with van der Waals surface area (Å²) >= 11 is 0. The Balaban J connectivity index is 2.39. The lowest BCUT2D eigenvalue weighted by molar-refractivity contribution is -0.156. The van der Waals surface area contributed by atoms with Crippen LogP contribution >= 0.6 is 0 Å². The predicted molar refractivity (Wildman–Crippen MR) is 71.8 cm³/mol. The van der Waals surface area contributed by atoms with Gasteiger partial charge in [0.05, 0.1) is 7.11 Å². The number of imide groups is 1. The maximum atomic E-state index is 11.5. The first kappa shape index (κ1) is 16.3. The van der Waals surface area contributed by atoms with E-state index in [4.69, 9.17) is 19.9 Å². The second-order valence-corrected chi connectivity index (χ2v) is 3.95. The molecule has 1 rings (SSSR count). The highest BCUT2D eigenvalue weighted by Crippen LogP contribution is 2.16. The zero-order valence-electron chi connectivity index (χ0n) is 11.6. The highest BCUT2D eigenvalue weighted by atomic mass is 16.6. The Morgan fingerprint density at radius 1 is 1.19 bits per heavy atom. The van der Waals surface area contributed by atoms with Gasteiger partial charge in [-0.25, -0.2) is 9.59 Å². The SMILES string of the molecule is COc1ccc(OCC(=O)O[C@H](C)C(=O)NC(N)=O)cc1. The number of benzene rings is 1. The molecule has 114 valence electrons. The molecule has 3 amide bonds. The van der Waals surface area contributed by atoms with Gasteiger partial charge in [-0.15, -0.1) is 0 Å². The molecular formula is C13H16N2O6. The molecule has 0 saturated carbocycles. The number of amides is 3. The van der Waals surface area contributed by atoms with E-state index in [9.17, 15) is 14.4 Å². The van der Waals surface area contributed by atoms with Crippen LogP contribution < -0.4 is 20.5 Å². The standard InChI is InChI=1S/C13H16N2O6/c1-8(12(17)15-13(14)18)21-11(16)7-20-10-5-3-9(19-2)4-6-10/h3-6,8H,7H2,1-2H3,(H3,14,15,17,18)/t8-/m1/s1. The van der Waals surface area contributed by atoms with Gasteiger partial charge in [-0.2, -0.15) is 0 Å². The quantitative estimate of drug-likeness (QED) is 0.724. The van der Waals surface area contributed by atoms with E-state index in [-0.39, 0.29) is 6.61 Å². The van der Waals surface area contributed by atoms with E-state index in [0.29, 0.717) is 11.5 Å². The lowest BCUT2D eigenvalue weighted by atomic mass is 10.3. The number of nitrogens with one attached hydrogen (secondary N) is 1. The molecule has 8 nitrogen and oxygen atoms in total. The maximum Gasteiger partial charge on any atom is 0.344 e. The molecule has 0 aliphatic rings. The van der Waals surface area contributed by atoms with E-state index in [1.807, 2.05) is 0 Å². The summed E-state index contributed by atoms with van der Waals surface area (Å²) in [7, 11) is 1.53. The summed E-state index contributed by atoms with van der Waals surface area (Å²) in [5, 5.41) is 1.80. The zero-order valence-corrected chi connectivity index (χ0v) is 11.6. The molecule has 1 atom stereocenters. The van der Waals surface area contributed by atoms with Gasteiger partial charge < -0.3 is 19.9 Å². The summed E-state index contributed by atoms with van der Waals surface area (Å²) in [6.07, 6.45) is -1.15.